The number of anilines is 2. The first-order valence-electron chi connectivity index (χ1n) is 4.62. The Bertz CT molecular complexity index is 411. The predicted octanol–water partition coefficient (Wildman–Crippen LogP) is 1.04. The van der Waals surface area contributed by atoms with E-state index in [2.05, 4.69) is 0 Å². The summed E-state index contributed by atoms with van der Waals surface area (Å²) in [5.74, 6) is 6.15. The lowest BCUT2D eigenvalue weighted by Gasteiger charge is -2.25. The van der Waals surface area contributed by atoms with Gasteiger partial charge < -0.3 is 11.5 Å². The van der Waals surface area contributed by atoms with Crippen molar-refractivity contribution in [3.05, 3.63) is 23.9 Å². The van der Waals surface area contributed by atoms with Crippen molar-refractivity contribution in [1.82, 2.24) is 4.59 Å². The number of hydrogen-bond donors (Lipinski definition) is 3. The highest BCUT2D eigenvalue weighted by molar-refractivity contribution is 5.88. The summed E-state index contributed by atoms with van der Waals surface area (Å²) in [6.45, 7) is 2.78. The van der Waals surface area contributed by atoms with Crippen LogP contribution in [0.1, 0.15) is 12.5 Å². The second-order valence-electron chi connectivity index (χ2n) is 3.57. The van der Waals surface area contributed by atoms with Gasteiger partial charge in [-0.25, -0.2) is 0 Å². The van der Waals surface area contributed by atoms with Crippen LogP contribution in [0.3, 0.4) is 0 Å². The quantitative estimate of drug-likeness (QED) is 0.352. The molecule has 0 amide bonds. The second kappa shape index (κ2) is 2.73. The molecule has 1 heterocycles. The Labute approximate surface area is 83.2 Å². The van der Waals surface area contributed by atoms with Gasteiger partial charge in [-0.05, 0) is 19.1 Å². The number of rotatable bonds is 1. The maximum atomic E-state index is 6.15. The van der Waals surface area contributed by atoms with Gasteiger partial charge in [0.25, 0.3) is 0 Å². The van der Waals surface area contributed by atoms with Gasteiger partial charge in [-0.2, -0.15) is 10.4 Å². The van der Waals surface area contributed by atoms with E-state index in [1.165, 1.54) is 0 Å². The summed E-state index contributed by atoms with van der Waals surface area (Å²) in [5.41, 5.74) is 15.0. The van der Waals surface area contributed by atoms with Crippen molar-refractivity contribution >= 4 is 23.1 Å². The van der Waals surface area contributed by atoms with Crippen LogP contribution in [0, 0.1) is 0 Å². The molecular formula is C10H15N4+. The smallest absolute Gasteiger partial charge is 0.189 e. The van der Waals surface area contributed by atoms with Crippen LogP contribution in [0.15, 0.2) is 18.3 Å². The van der Waals surface area contributed by atoms with Gasteiger partial charge in [0.2, 0.25) is 0 Å². The van der Waals surface area contributed by atoms with Gasteiger partial charge in [-0.15, -0.1) is 0 Å². The average molecular weight is 191 g/mol. The van der Waals surface area contributed by atoms with E-state index in [-0.39, 0.29) is 4.59 Å². The summed E-state index contributed by atoms with van der Waals surface area (Å²) in [7, 11) is 0. The molecule has 4 nitrogen and oxygen atoms in total. The van der Waals surface area contributed by atoms with Crippen molar-refractivity contribution in [3.63, 3.8) is 0 Å². The van der Waals surface area contributed by atoms with Crippen LogP contribution in [0.25, 0.3) is 6.08 Å². The first-order chi connectivity index (χ1) is 6.58. The Morgan fingerprint density at radius 3 is 2.50 bits per heavy atom. The molecule has 74 valence electrons. The average Bonchev–Trinajstić information content (AvgIpc) is 2.53. The molecule has 1 aromatic carbocycles. The van der Waals surface area contributed by atoms with Gasteiger partial charge in [0.1, 0.15) is 12.7 Å². The number of nitrogens with two attached hydrogens (primary N) is 3. The molecule has 0 aromatic heterocycles. The van der Waals surface area contributed by atoms with E-state index in [1.54, 1.807) is 6.07 Å². The lowest BCUT2D eigenvalue weighted by molar-refractivity contribution is 0.415. The molecule has 1 aromatic rings. The highest BCUT2D eigenvalue weighted by Gasteiger charge is 2.33. The maximum Gasteiger partial charge on any atom is 0.189 e. The van der Waals surface area contributed by atoms with Crippen molar-refractivity contribution in [2.24, 2.45) is 5.84 Å². The zero-order valence-electron chi connectivity index (χ0n) is 8.20. The van der Waals surface area contributed by atoms with Crippen LogP contribution in [-0.4, -0.2) is 6.54 Å². The van der Waals surface area contributed by atoms with Crippen LogP contribution in [-0.2, 0) is 0 Å². The van der Waals surface area contributed by atoms with Crippen molar-refractivity contribution in [1.29, 1.82) is 0 Å². The Balaban J connectivity index is 2.70. The molecule has 1 atom stereocenters. The van der Waals surface area contributed by atoms with Crippen LogP contribution in [0.4, 0.5) is 17.1 Å². The molecule has 2 rings (SSSR count). The van der Waals surface area contributed by atoms with Crippen LogP contribution in [0.5, 0.6) is 0 Å². The Morgan fingerprint density at radius 2 is 1.86 bits per heavy atom. The van der Waals surface area contributed by atoms with E-state index in [0.717, 1.165) is 23.5 Å². The van der Waals surface area contributed by atoms with Crippen LogP contribution < -0.4 is 21.9 Å². The van der Waals surface area contributed by atoms with E-state index < -0.39 is 0 Å². The molecule has 4 heteroatoms. The number of quaternary nitrogens is 1. The van der Waals surface area contributed by atoms with E-state index in [0.29, 0.717) is 5.69 Å². The molecular weight excluding hydrogens is 176 g/mol. The lowest BCUT2D eigenvalue weighted by atomic mass is 10.1. The molecule has 0 spiro atoms. The van der Waals surface area contributed by atoms with Crippen molar-refractivity contribution < 1.29 is 0 Å². The first kappa shape index (κ1) is 9.05. The van der Waals surface area contributed by atoms with Gasteiger partial charge in [-0.1, -0.05) is 0 Å². The molecule has 14 heavy (non-hydrogen) atoms. The highest BCUT2D eigenvalue weighted by Crippen LogP contribution is 2.40. The molecule has 0 saturated heterocycles. The zero-order chi connectivity index (χ0) is 10.3. The summed E-state index contributed by atoms with van der Waals surface area (Å²) >= 11 is 0. The monoisotopic (exact) mass is 191 g/mol. The summed E-state index contributed by atoms with van der Waals surface area (Å²) < 4.78 is 0.242. The third kappa shape index (κ3) is 1.01. The Hall–Kier alpha value is -1.52. The molecule has 0 aliphatic carbocycles. The summed E-state index contributed by atoms with van der Waals surface area (Å²) in [4.78, 5) is 0. The van der Waals surface area contributed by atoms with Crippen LogP contribution in [0.2, 0.25) is 0 Å². The van der Waals surface area contributed by atoms with Gasteiger partial charge >= 0.3 is 0 Å². The van der Waals surface area contributed by atoms with Gasteiger partial charge in [0.15, 0.2) is 5.69 Å². The number of fused-ring (bicyclic) bond motifs is 1. The number of hydrogen-bond acceptors (Lipinski definition) is 3. The minimum Gasteiger partial charge on any atom is -0.398 e. The molecule has 1 aliphatic rings. The van der Waals surface area contributed by atoms with Crippen molar-refractivity contribution in [3.8, 4) is 0 Å². The number of nitrogens with zero attached hydrogens (tertiary/aromatic N) is 1. The Morgan fingerprint density at radius 1 is 1.21 bits per heavy atom. The standard InChI is InChI=1S/C10H15N4/c1-2-14(13)6-5-7-8(11)3-4-9(12)10(7)14/h3-6H,2,11-13H2,1H3/q+1. The summed E-state index contributed by atoms with van der Waals surface area (Å²) in [6.07, 6.45) is 3.85. The van der Waals surface area contributed by atoms with Gasteiger partial charge in [0, 0.05) is 11.8 Å². The molecule has 1 unspecified atom stereocenters. The molecule has 0 bridgehead atoms. The van der Waals surface area contributed by atoms with E-state index in [4.69, 9.17) is 17.3 Å². The van der Waals surface area contributed by atoms with E-state index >= 15 is 0 Å². The van der Waals surface area contributed by atoms with E-state index in [1.807, 2.05) is 25.3 Å². The number of nitrogen functional groups attached to an aromatic ring is 2. The van der Waals surface area contributed by atoms with Gasteiger partial charge in [0.05, 0.1) is 11.3 Å². The third-order valence-corrected chi connectivity index (χ3v) is 2.73. The highest BCUT2D eigenvalue weighted by atomic mass is 15.6. The molecule has 1 aliphatic heterocycles. The third-order valence-electron chi connectivity index (χ3n) is 2.73. The maximum absolute atomic E-state index is 6.15. The molecule has 0 fully saturated rings. The van der Waals surface area contributed by atoms with Crippen LogP contribution >= 0.6 is 0 Å². The first-order valence-corrected chi connectivity index (χ1v) is 4.62. The molecule has 0 saturated carbocycles. The largest absolute Gasteiger partial charge is 0.398 e. The van der Waals surface area contributed by atoms with Crippen molar-refractivity contribution in [2.75, 3.05) is 18.0 Å². The second-order valence-corrected chi connectivity index (χ2v) is 3.57. The Kier molecular flexibility index (Phi) is 1.77. The van der Waals surface area contributed by atoms with Crippen molar-refractivity contribution in [2.45, 2.75) is 6.92 Å². The minimum absolute atomic E-state index is 0.242. The van der Waals surface area contributed by atoms with E-state index in [9.17, 15) is 0 Å². The zero-order valence-corrected chi connectivity index (χ0v) is 8.20. The minimum atomic E-state index is 0.242. The topological polar surface area (TPSA) is 78.1 Å². The van der Waals surface area contributed by atoms with Gasteiger partial charge in [-0.3, -0.25) is 0 Å². The predicted molar refractivity (Wildman–Crippen MR) is 60.8 cm³/mol. The SMILES string of the molecule is CC[N+]1(N)C=Cc2c(N)ccc(N)c21. The molecule has 6 N–H and O–H groups in total. The fourth-order valence-corrected chi connectivity index (χ4v) is 1.83. The number of benzene rings is 1. The summed E-state index contributed by atoms with van der Waals surface area (Å²) in [5, 5.41) is 0. The fraction of sp³-hybridized carbons (Fsp3) is 0.200. The fourth-order valence-electron chi connectivity index (χ4n) is 1.83. The summed E-state index contributed by atoms with van der Waals surface area (Å²) in [6, 6.07) is 3.61. The normalized spacial score (nSPS) is 23.9. The molecule has 0 radical (unpaired) electrons. The lowest BCUT2D eigenvalue weighted by Crippen LogP contribution is -2.49.